The van der Waals surface area contributed by atoms with Gasteiger partial charge in [0.1, 0.15) is 5.69 Å². The molecule has 0 aromatic carbocycles. The van der Waals surface area contributed by atoms with E-state index in [1.165, 1.54) is 44.4 Å². The molecule has 0 aliphatic rings. The summed E-state index contributed by atoms with van der Waals surface area (Å²) in [7, 11) is 0. The number of hydrogen-bond acceptors (Lipinski definition) is 4. The Bertz CT molecular complexity index is 1100. The number of alkyl halides is 9. The van der Waals surface area contributed by atoms with Crippen LogP contribution in [0.1, 0.15) is 61.3 Å². The van der Waals surface area contributed by atoms with Crippen LogP contribution >= 0.6 is 0 Å². The van der Waals surface area contributed by atoms with Gasteiger partial charge in [0.15, 0.2) is 17.3 Å². The van der Waals surface area contributed by atoms with Crippen molar-refractivity contribution < 1.29 is 54.2 Å². The van der Waals surface area contributed by atoms with Crippen molar-refractivity contribution in [1.29, 1.82) is 0 Å². The lowest BCUT2D eigenvalue weighted by atomic mass is 9.93. The van der Waals surface area contributed by atoms with Crippen molar-refractivity contribution in [2.45, 2.75) is 83.6 Å². The number of carbonyl (C=O) groups excluding carboxylic acids is 1. The second kappa shape index (κ2) is 11.2. The van der Waals surface area contributed by atoms with Crippen LogP contribution in [-0.4, -0.2) is 57.2 Å². The number of aryl methyl sites for hydroxylation is 2. The van der Waals surface area contributed by atoms with Crippen LogP contribution in [0, 0.1) is 19.8 Å². The van der Waals surface area contributed by atoms with Crippen molar-refractivity contribution in [1.82, 2.24) is 14.7 Å². The summed E-state index contributed by atoms with van der Waals surface area (Å²) in [5, 5.41) is 12.9. The molecule has 0 radical (unpaired) electrons. The molecule has 216 valence electrons. The number of fused-ring (bicyclic) bond motifs is 1. The van der Waals surface area contributed by atoms with Crippen molar-refractivity contribution in [2.24, 2.45) is 5.92 Å². The molecule has 2 aromatic heterocycles. The SMILES string of the molecule is Cc1cc(OCCC(C(F)(F)F)C(F)(F)F)c2nc(C)c(C(=O)NC(CCCC(F)(F)F)C(C)(C)O)n2c1. The van der Waals surface area contributed by atoms with Crippen LogP contribution in [0.4, 0.5) is 39.5 Å². The summed E-state index contributed by atoms with van der Waals surface area (Å²) >= 11 is 0. The third kappa shape index (κ3) is 8.40. The smallest absolute Gasteiger partial charge is 0.400 e. The van der Waals surface area contributed by atoms with E-state index in [0.29, 0.717) is 5.56 Å². The van der Waals surface area contributed by atoms with Crippen LogP contribution < -0.4 is 10.1 Å². The minimum atomic E-state index is -5.52. The molecule has 0 aliphatic carbocycles. The molecular formula is C23H28F9N3O3. The van der Waals surface area contributed by atoms with E-state index in [1.54, 1.807) is 0 Å². The summed E-state index contributed by atoms with van der Waals surface area (Å²) in [5.41, 5.74) is -1.22. The molecule has 38 heavy (non-hydrogen) atoms. The zero-order valence-electron chi connectivity index (χ0n) is 20.9. The summed E-state index contributed by atoms with van der Waals surface area (Å²) in [6.45, 7) is 4.63. The van der Waals surface area contributed by atoms with E-state index in [2.05, 4.69) is 10.3 Å². The van der Waals surface area contributed by atoms with Crippen LogP contribution in [-0.2, 0) is 0 Å². The van der Waals surface area contributed by atoms with Gasteiger partial charge in [-0.25, -0.2) is 4.98 Å². The van der Waals surface area contributed by atoms with E-state index in [0.717, 1.165) is 0 Å². The second-order valence-electron chi connectivity index (χ2n) is 9.58. The minimum Gasteiger partial charge on any atom is -0.490 e. The summed E-state index contributed by atoms with van der Waals surface area (Å²) in [5.74, 6) is -4.56. The number of hydrogen-bond donors (Lipinski definition) is 2. The van der Waals surface area contributed by atoms with Gasteiger partial charge in [0.2, 0.25) is 0 Å². The number of imidazole rings is 1. The van der Waals surface area contributed by atoms with Crippen molar-refractivity contribution in [2.75, 3.05) is 6.61 Å². The zero-order chi connectivity index (χ0) is 29.3. The Balaban J connectivity index is 2.30. The molecule has 0 bridgehead atoms. The molecule has 1 unspecified atom stereocenters. The fraction of sp³-hybridized carbons (Fsp3) is 0.652. The van der Waals surface area contributed by atoms with Gasteiger partial charge >= 0.3 is 18.5 Å². The molecule has 0 aliphatic heterocycles. The third-order valence-corrected chi connectivity index (χ3v) is 5.78. The monoisotopic (exact) mass is 565 g/mol. The number of amides is 1. The van der Waals surface area contributed by atoms with Crippen LogP contribution in [0.2, 0.25) is 0 Å². The molecule has 0 fully saturated rings. The van der Waals surface area contributed by atoms with Crippen LogP contribution in [0.5, 0.6) is 5.75 Å². The van der Waals surface area contributed by atoms with Crippen LogP contribution in [0.15, 0.2) is 12.3 Å². The van der Waals surface area contributed by atoms with Crippen LogP contribution in [0.3, 0.4) is 0 Å². The van der Waals surface area contributed by atoms with Crippen molar-refractivity contribution in [3.05, 3.63) is 29.2 Å². The average Bonchev–Trinajstić information content (AvgIpc) is 3.02. The predicted octanol–water partition coefficient (Wildman–Crippen LogP) is 6.06. The number of aliphatic hydroxyl groups is 1. The van der Waals surface area contributed by atoms with E-state index < -0.39 is 61.4 Å². The van der Waals surface area contributed by atoms with Gasteiger partial charge in [0, 0.05) is 19.0 Å². The Morgan fingerprint density at radius 1 is 1.05 bits per heavy atom. The number of halogens is 9. The summed E-state index contributed by atoms with van der Waals surface area (Å²) in [4.78, 5) is 17.3. The third-order valence-electron chi connectivity index (χ3n) is 5.78. The molecule has 0 saturated heterocycles. The van der Waals surface area contributed by atoms with Crippen molar-refractivity contribution in [3.8, 4) is 5.75 Å². The maximum Gasteiger partial charge on any atom is 0.400 e. The maximum absolute atomic E-state index is 13.1. The average molecular weight is 565 g/mol. The first-order chi connectivity index (χ1) is 17.1. The molecule has 15 heteroatoms. The van der Waals surface area contributed by atoms with E-state index >= 15 is 0 Å². The number of ether oxygens (including phenoxy) is 1. The van der Waals surface area contributed by atoms with Crippen molar-refractivity contribution >= 4 is 11.6 Å². The number of rotatable bonds is 10. The number of carbonyl (C=O) groups is 1. The molecule has 2 N–H and O–H groups in total. The lowest BCUT2D eigenvalue weighted by molar-refractivity contribution is -0.286. The van der Waals surface area contributed by atoms with Gasteiger partial charge in [-0.2, -0.15) is 39.5 Å². The lowest BCUT2D eigenvalue weighted by Gasteiger charge is -2.30. The summed E-state index contributed by atoms with van der Waals surface area (Å²) in [6.07, 6.45) is -17.1. The van der Waals surface area contributed by atoms with E-state index in [1.807, 2.05) is 0 Å². The number of aromatic nitrogens is 2. The van der Waals surface area contributed by atoms with Gasteiger partial charge in [-0.3, -0.25) is 9.20 Å². The normalized spacial score (nSPS) is 14.3. The standard InChI is InChI=1S/C23H28F9N3O3/c1-12-10-14(38-9-7-15(22(27,28)29)23(30,31)32)18-33-13(2)17(35(18)11-12)19(36)34-16(20(3,4)37)6-5-8-21(24,25)26/h10-11,15-16,37H,5-9H2,1-4H3,(H,34,36). The fourth-order valence-electron chi connectivity index (χ4n) is 3.87. The maximum atomic E-state index is 13.1. The summed E-state index contributed by atoms with van der Waals surface area (Å²) in [6, 6.07) is 0.251. The van der Waals surface area contributed by atoms with E-state index in [4.69, 9.17) is 4.74 Å². The first-order valence-electron chi connectivity index (χ1n) is 11.5. The fourth-order valence-corrected chi connectivity index (χ4v) is 3.87. The first kappa shape index (κ1) is 31.5. The largest absolute Gasteiger partial charge is 0.490 e. The highest BCUT2D eigenvalue weighted by molar-refractivity contribution is 5.95. The Labute approximate surface area is 212 Å². The number of nitrogens with one attached hydrogen (secondary N) is 1. The van der Waals surface area contributed by atoms with Gasteiger partial charge in [-0.15, -0.1) is 0 Å². The molecule has 2 rings (SSSR count). The van der Waals surface area contributed by atoms with Gasteiger partial charge in [0.25, 0.3) is 5.91 Å². The van der Waals surface area contributed by atoms with Gasteiger partial charge in [0.05, 0.1) is 23.9 Å². The van der Waals surface area contributed by atoms with Gasteiger partial charge < -0.3 is 15.2 Å². The Kier molecular flexibility index (Phi) is 9.27. The molecular weight excluding hydrogens is 537 g/mol. The van der Waals surface area contributed by atoms with E-state index in [-0.39, 0.29) is 35.6 Å². The highest BCUT2D eigenvalue weighted by Gasteiger charge is 2.56. The predicted molar refractivity (Wildman–Crippen MR) is 118 cm³/mol. The molecule has 1 amide bonds. The van der Waals surface area contributed by atoms with Crippen LogP contribution in [0.25, 0.3) is 5.65 Å². The Hall–Kier alpha value is -2.71. The first-order valence-corrected chi connectivity index (χ1v) is 11.5. The number of pyridine rings is 1. The second-order valence-corrected chi connectivity index (χ2v) is 9.58. The Morgan fingerprint density at radius 3 is 2.13 bits per heavy atom. The molecule has 2 heterocycles. The Morgan fingerprint density at radius 2 is 1.63 bits per heavy atom. The topological polar surface area (TPSA) is 75.9 Å². The van der Waals surface area contributed by atoms with Gasteiger partial charge in [-0.1, -0.05) is 0 Å². The summed E-state index contributed by atoms with van der Waals surface area (Å²) < 4.78 is 121. The lowest BCUT2D eigenvalue weighted by Crippen LogP contribution is -2.49. The number of nitrogens with zero attached hydrogens (tertiary/aromatic N) is 2. The highest BCUT2D eigenvalue weighted by atomic mass is 19.4. The zero-order valence-corrected chi connectivity index (χ0v) is 20.9. The quantitative estimate of drug-likeness (QED) is 0.344. The highest BCUT2D eigenvalue weighted by Crippen LogP contribution is 2.41. The van der Waals surface area contributed by atoms with Gasteiger partial charge in [-0.05, 0) is 52.2 Å². The molecule has 6 nitrogen and oxygen atoms in total. The van der Waals surface area contributed by atoms with E-state index in [9.17, 15) is 49.4 Å². The molecule has 0 spiro atoms. The molecule has 2 aromatic rings. The minimum absolute atomic E-state index is 0.0642. The molecule has 1 atom stereocenters. The molecule has 0 saturated carbocycles. The van der Waals surface area contributed by atoms with Crippen molar-refractivity contribution in [3.63, 3.8) is 0 Å².